The van der Waals surface area contributed by atoms with E-state index >= 15 is 0 Å². The molecule has 0 radical (unpaired) electrons. The normalized spacial score (nSPS) is 10.4. The van der Waals surface area contributed by atoms with Gasteiger partial charge in [-0.05, 0) is 6.42 Å². The number of rotatable bonds is 10. The molecule has 0 aliphatic carbocycles. The highest BCUT2D eigenvalue weighted by Gasteiger charge is 2.09. The van der Waals surface area contributed by atoms with Gasteiger partial charge in [-0.3, -0.25) is 0 Å². The molecule has 0 bridgehead atoms. The lowest BCUT2D eigenvalue weighted by atomic mass is 10.1. The van der Waals surface area contributed by atoms with Crippen LogP contribution in [0.3, 0.4) is 0 Å². The third kappa shape index (κ3) is 5.49. The summed E-state index contributed by atoms with van der Waals surface area (Å²) in [6, 6.07) is 3.67. The van der Waals surface area contributed by atoms with Crippen molar-refractivity contribution in [2.45, 2.75) is 45.4 Å². The predicted molar refractivity (Wildman–Crippen MR) is 86.4 cm³/mol. The van der Waals surface area contributed by atoms with Crippen LogP contribution >= 0.6 is 11.6 Å². The minimum atomic E-state index is 0.564. The van der Waals surface area contributed by atoms with Gasteiger partial charge < -0.3 is 14.8 Å². The van der Waals surface area contributed by atoms with Crippen molar-refractivity contribution in [2.75, 3.05) is 26.1 Å². The van der Waals surface area contributed by atoms with E-state index in [1.54, 1.807) is 20.3 Å². The molecular weight excluding hydrogens is 274 g/mol. The minimum absolute atomic E-state index is 0.564. The third-order valence-electron chi connectivity index (χ3n) is 3.32. The lowest BCUT2D eigenvalue weighted by molar-refractivity contribution is 0.404. The van der Waals surface area contributed by atoms with E-state index in [9.17, 15) is 0 Å². The summed E-state index contributed by atoms with van der Waals surface area (Å²) in [6.45, 7) is 3.18. The molecule has 0 aliphatic heterocycles. The summed E-state index contributed by atoms with van der Waals surface area (Å²) >= 11 is 6.08. The summed E-state index contributed by atoms with van der Waals surface area (Å²) in [7, 11) is 3.26. The predicted octanol–water partition coefficient (Wildman–Crippen LogP) is 5.13. The second kappa shape index (κ2) is 9.76. The lowest BCUT2D eigenvalue weighted by Crippen LogP contribution is -2.03. The maximum absolute atomic E-state index is 6.08. The van der Waals surface area contributed by atoms with Crippen molar-refractivity contribution in [1.29, 1.82) is 0 Å². The average Bonchev–Trinajstić information content (AvgIpc) is 2.47. The maximum Gasteiger partial charge on any atom is 0.143 e. The SMILES string of the molecule is CCCCCCCCNc1cc(OC)c(Cl)cc1OC. The molecule has 1 N–H and O–H groups in total. The van der Waals surface area contributed by atoms with Crippen molar-refractivity contribution >= 4 is 17.3 Å². The summed E-state index contributed by atoms with van der Waals surface area (Å²) in [5, 5.41) is 3.96. The van der Waals surface area contributed by atoms with Crippen LogP contribution in [0.1, 0.15) is 45.4 Å². The molecule has 4 heteroatoms. The van der Waals surface area contributed by atoms with E-state index in [4.69, 9.17) is 21.1 Å². The fourth-order valence-electron chi connectivity index (χ4n) is 2.13. The van der Waals surface area contributed by atoms with E-state index < -0.39 is 0 Å². The molecular formula is C16H26ClNO2. The maximum atomic E-state index is 6.08. The van der Waals surface area contributed by atoms with Crippen LogP contribution in [0.4, 0.5) is 5.69 Å². The minimum Gasteiger partial charge on any atom is -0.495 e. The first-order valence-corrected chi connectivity index (χ1v) is 7.76. The lowest BCUT2D eigenvalue weighted by Gasteiger charge is -2.13. The number of anilines is 1. The van der Waals surface area contributed by atoms with Crippen LogP contribution in [0.25, 0.3) is 0 Å². The van der Waals surface area contributed by atoms with Crippen LogP contribution in [0.5, 0.6) is 11.5 Å². The van der Waals surface area contributed by atoms with Crippen molar-refractivity contribution in [1.82, 2.24) is 0 Å². The summed E-state index contributed by atoms with van der Waals surface area (Å²) < 4.78 is 10.6. The van der Waals surface area contributed by atoms with Gasteiger partial charge in [-0.2, -0.15) is 0 Å². The van der Waals surface area contributed by atoms with Crippen molar-refractivity contribution < 1.29 is 9.47 Å². The Hall–Kier alpha value is -1.09. The first kappa shape index (κ1) is 17.0. The molecule has 0 atom stereocenters. The molecule has 1 aromatic rings. The van der Waals surface area contributed by atoms with Gasteiger partial charge in [0.1, 0.15) is 11.5 Å². The Balaban J connectivity index is 2.42. The van der Waals surface area contributed by atoms with Crippen LogP contribution < -0.4 is 14.8 Å². The Kier molecular flexibility index (Phi) is 8.28. The molecule has 0 spiro atoms. The Morgan fingerprint density at radius 2 is 1.60 bits per heavy atom. The zero-order valence-corrected chi connectivity index (χ0v) is 13.6. The molecule has 0 aliphatic rings. The molecule has 0 heterocycles. The number of unbranched alkanes of at least 4 members (excludes halogenated alkanes) is 5. The van der Waals surface area contributed by atoms with Crippen molar-refractivity contribution in [3.8, 4) is 11.5 Å². The smallest absolute Gasteiger partial charge is 0.143 e. The fraction of sp³-hybridized carbons (Fsp3) is 0.625. The Labute approximate surface area is 127 Å². The van der Waals surface area contributed by atoms with Gasteiger partial charge in [0.15, 0.2) is 0 Å². The van der Waals surface area contributed by atoms with Gasteiger partial charge in [-0.1, -0.05) is 50.6 Å². The molecule has 0 saturated carbocycles. The van der Waals surface area contributed by atoms with Crippen LogP contribution in [-0.4, -0.2) is 20.8 Å². The molecule has 3 nitrogen and oxygen atoms in total. The van der Waals surface area contributed by atoms with Gasteiger partial charge in [0.25, 0.3) is 0 Å². The summed E-state index contributed by atoms with van der Waals surface area (Å²) in [4.78, 5) is 0. The van der Waals surface area contributed by atoms with Gasteiger partial charge in [-0.25, -0.2) is 0 Å². The fourth-order valence-corrected chi connectivity index (χ4v) is 2.36. The Morgan fingerprint density at radius 1 is 0.950 bits per heavy atom. The molecule has 0 fully saturated rings. The van der Waals surface area contributed by atoms with Gasteiger partial charge >= 0.3 is 0 Å². The number of benzene rings is 1. The van der Waals surface area contributed by atoms with Gasteiger partial charge in [0, 0.05) is 18.7 Å². The number of methoxy groups -OCH3 is 2. The third-order valence-corrected chi connectivity index (χ3v) is 3.62. The van der Waals surface area contributed by atoms with Crippen LogP contribution in [-0.2, 0) is 0 Å². The molecule has 1 aromatic carbocycles. The van der Waals surface area contributed by atoms with Crippen LogP contribution in [0.2, 0.25) is 5.02 Å². The molecule has 1 rings (SSSR count). The first-order chi connectivity index (χ1) is 9.72. The molecule has 114 valence electrons. The van der Waals surface area contributed by atoms with Gasteiger partial charge in [0.2, 0.25) is 0 Å². The van der Waals surface area contributed by atoms with Crippen LogP contribution in [0, 0.1) is 0 Å². The molecule has 20 heavy (non-hydrogen) atoms. The highest BCUT2D eigenvalue weighted by Crippen LogP contribution is 2.35. The largest absolute Gasteiger partial charge is 0.495 e. The molecule has 0 aromatic heterocycles. The van der Waals surface area contributed by atoms with Crippen molar-refractivity contribution in [3.63, 3.8) is 0 Å². The number of hydrogen-bond acceptors (Lipinski definition) is 3. The van der Waals surface area contributed by atoms with Gasteiger partial charge in [-0.15, -0.1) is 0 Å². The monoisotopic (exact) mass is 299 g/mol. The highest BCUT2D eigenvalue weighted by atomic mass is 35.5. The number of nitrogens with one attached hydrogen (secondary N) is 1. The van der Waals surface area contributed by atoms with Crippen molar-refractivity contribution in [3.05, 3.63) is 17.2 Å². The summed E-state index contributed by atoms with van der Waals surface area (Å²) in [5.74, 6) is 1.42. The topological polar surface area (TPSA) is 30.5 Å². The van der Waals surface area contributed by atoms with Gasteiger partial charge in [0.05, 0.1) is 24.9 Å². The molecule has 0 amide bonds. The van der Waals surface area contributed by atoms with Crippen molar-refractivity contribution in [2.24, 2.45) is 0 Å². The number of hydrogen-bond donors (Lipinski definition) is 1. The zero-order valence-electron chi connectivity index (χ0n) is 12.8. The van der Waals surface area contributed by atoms with E-state index in [-0.39, 0.29) is 0 Å². The molecule has 0 saturated heterocycles. The van der Waals surface area contributed by atoms with Crippen LogP contribution in [0.15, 0.2) is 12.1 Å². The quantitative estimate of drug-likeness (QED) is 0.608. The summed E-state index contributed by atoms with van der Waals surface area (Å²) in [5.41, 5.74) is 0.933. The number of ether oxygens (including phenoxy) is 2. The van der Waals surface area contributed by atoms with E-state index in [0.717, 1.165) is 24.4 Å². The van der Waals surface area contributed by atoms with E-state index in [0.29, 0.717) is 10.8 Å². The zero-order chi connectivity index (χ0) is 14.8. The second-order valence-corrected chi connectivity index (χ2v) is 5.29. The van der Waals surface area contributed by atoms with E-state index in [1.807, 2.05) is 6.07 Å². The average molecular weight is 300 g/mol. The Morgan fingerprint density at radius 3 is 2.25 bits per heavy atom. The second-order valence-electron chi connectivity index (χ2n) is 4.88. The van der Waals surface area contributed by atoms with E-state index in [1.165, 1.54) is 32.1 Å². The van der Waals surface area contributed by atoms with E-state index in [2.05, 4.69) is 12.2 Å². The summed E-state index contributed by atoms with van der Waals surface area (Å²) in [6.07, 6.45) is 7.72. The Bertz CT molecular complexity index is 396. The highest BCUT2D eigenvalue weighted by molar-refractivity contribution is 6.32. The standard InChI is InChI=1S/C16H26ClNO2/c1-4-5-6-7-8-9-10-18-14-12-15(19-2)13(17)11-16(14)20-3/h11-12,18H,4-10H2,1-3H3. The molecule has 0 unspecified atom stereocenters. The number of halogens is 1. The first-order valence-electron chi connectivity index (χ1n) is 7.38.